The quantitative estimate of drug-likeness (QED) is 0.411. The molecule has 2 heteroatoms. The summed E-state index contributed by atoms with van der Waals surface area (Å²) in [5.74, 6) is 0.100. The third-order valence-corrected chi connectivity index (χ3v) is 1.42. The van der Waals surface area contributed by atoms with Crippen LogP contribution in [0.4, 0.5) is 0 Å². The van der Waals surface area contributed by atoms with E-state index in [0.29, 0.717) is 0 Å². The molecule has 0 aliphatic rings. The number of ketones is 1. The van der Waals surface area contributed by atoms with E-state index in [0.717, 1.165) is 5.69 Å². The first-order valence-corrected chi connectivity index (χ1v) is 3.17. The minimum Gasteiger partial charge on any atom is -0.288 e. The summed E-state index contributed by atoms with van der Waals surface area (Å²) in [6, 6.07) is 5.56. The lowest BCUT2D eigenvalue weighted by molar-refractivity contribution is -0.673. The Morgan fingerprint density at radius 1 is 1.50 bits per heavy atom. The molecule has 1 aromatic rings. The fourth-order valence-electron chi connectivity index (χ4n) is 0.889. The number of pyridine rings is 1. The monoisotopic (exact) mass is 136 g/mol. The number of aromatic nitrogens is 1. The Balaban J connectivity index is 3.15. The second kappa shape index (κ2) is 2.60. The van der Waals surface area contributed by atoms with Crippen molar-refractivity contribution < 1.29 is 9.36 Å². The van der Waals surface area contributed by atoms with Crippen LogP contribution >= 0.6 is 0 Å². The minimum absolute atomic E-state index is 0.100. The summed E-state index contributed by atoms with van der Waals surface area (Å²) in [5, 5.41) is 0. The van der Waals surface area contributed by atoms with Crippen molar-refractivity contribution in [2.45, 2.75) is 6.92 Å². The number of aryl methyl sites for hydroxylation is 1. The standard InChI is InChI=1S/C8H10NO/c1-7(10)8-5-3-4-6-9(8)2/h3-6H,1-2H3/q+1. The summed E-state index contributed by atoms with van der Waals surface area (Å²) < 4.78 is 1.81. The Morgan fingerprint density at radius 2 is 2.20 bits per heavy atom. The lowest BCUT2D eigenvalue weighted by atomic mass is 10.3. The summed E-state index contributed by atoms with van der Waals surface area (Å²) in [6.45, 7) is 1.56. The molecule has 0 radical (unpaired) electrons. The largest absolute Gasteiger partial charge is 0.288 e. The average Bonchev–Trinajstić information content (AvgIpc) is 1.88. The van der Waals surface area contributed by atoms with Gasteiger partial charge < -0.3 is 0 Å². The molecule has 0 bridgehead atoms. The zero-order valence-corrected chi connectivity index (χ0v) is 6.16. The molecule has 0 saturated carbocycles. The van der Waals surface area contributed by atoms with E-state index in [2.05, 4.69) is 0 Å². The van der Waals surface area contributed by atoms with E-state index in [9.17, 15) is 4.79 Å². The van der Waals surface area contributed by atoms with Crippen molar-refractivity contribution in [2.75, 3.05) is 0 Å². The molecule has 0 N–H and O–H groups in total. The van der Waals surface area contributed by atoms with Crippen LogP contribution in [0.15, 0.2) is 24.4 Å². The third kappa shape index (κ3) is 1.21. The maximum absolute atomic E-state index is 10.8. The molecule has 0 fully saturated rings. The molecule has 0 spiro atoms. The fourth-order valence-corrected chi connectivity index (χ4v) is 0.889. The van der Waals surface area contributed by atoms with Gasteiger partial charge in [0.15, 0.2) is 6.20 Å². The lowest BCUT2D eigenvalue weighted by Gasteiger charge is -1.91. The van der Waals surface area contributed by atoms with E-state index < -0.39 is 0 Å². The zero-order chi connectivity index (χ0) is 7.56. The van der Waals surface area contributed by atoms with Gasteiger partial charge in [0.05, 0.1) is 0 Å². The summed E-state index contributed by atoms with van der Waals surface area (Å²) >= 11 is 0. The van der Waals surface area contributed by atoms with E-state index in [-0.39, 0.29) is 5.78 Å². The molecule has 10 heavy (non-hydrogen) atoms. The second-order valence-corrected chi connectivity index (χ2v) is 2.25. The molecule has 0 atom stereocenters. The maximum atomic E-state index is 10.8. The average molecular weight is 136 g/mol. The molecule has 0 unspecified atom stereocenters. The van der Waals surface area contributed by atoms with Crippen LogP contribution in [0.5, 0.6) is 0 Å². The summed E-state index contributed by atoms with van der Waals surface area (Å²) in [5.41, 5.74) is 0.738. The van der Waals surface area contributed by atoms with Crippen LogP contribution in [0.2, 0.25) is 0 Å². The molecule has 52 valence electrons. The van der Waals surface area contributed by atoms with Gasteiger partial charge in [0.2, 0.25) is 11.5 Å². The van der Waals surface area contributed by atoms with Crippen LogP contribution in [0.1, 0.15) is 17.4 Å². The van der Waals surface area contributed by atoms with Gasteiger partial charge in [-0.05, 0) is 6.07 Å². The molecule has 0 saturated heterocycles. The summed E-state index contributed by atoms with van der Waals surface area (Å²) in [4.78, 5) is 10.8. The van der Waals surface area contributed by atoms with Crippen molar-refractivity contribution in [3.8, 4) is 0 Å². The van der Waals surface area contributed by atoms with Crippen LogP contribution in [0, 0.1) is 0 Å². The number of rotatable bonds is 1. The Bertz CT molecular complexity index is 255. The van der Waals surface area contributed by atoms with Gasteiger partial charge >= 0.3 is 0 Å². The first-order valence-electron chi connectivity index (χ1n) is 3.17. The van der Waals surface area contributed by atoms with Crippen molar-refractivity contribution in [1.29, 1.82) is 0 Å². The van der Waals surface area contributed by atoms with E-state index in [4.69, 9.17) is 0 Å². The number of hydrogen-bond donors (Lipinski definition) is 0. The van der Waals surface area contributed by atoms with Crippen LogP contribution in [0.25, 0.3) is 0 Å². The van der Waals surface area contributed by atoms with Gasteiger partial charge in [0.1, 0.15) is 7.05 Å². The fraction of sp³-hybridized carbons (Fsp3) is 0.250. The van der Waals surface area contributed by atoms with Crippen LogP contribution in [0.3, 0.4) is 0 Å². The first kappa shape index (κ1) is 6.93. The number of carbonyl (C=O) groups is 1. The molecular formula is C8H10NO+. The van der Waals surface area contributed by atoms with Gasteiger partial charge in [-0.15, -0.1) is 0 Å². The van der Waals surface area contributed by atoms with Crippen molar-refractivity contribution in [1.82, 2.24) is 0 Å². The van der Waals surface area contributed by atoms with Crippen LogP contribution < -0.4 is 4.57 Å². The normalized spacial score (nSPS) is 9.40. The highest BCUT2D eigenvalue weighted by Crippen LogP contribution is 1.90. The molecule has 0 aliphatic heterocycles. The van der Waals surface area contributed by atoms with E-state index in [1.807, 2.05) is 36.0 Å². The Kier molecular flexibility index (Phi) is 1.81. The van der Waals surface area contributed by atoms with Crippen molar-refractivity contribution in [2.24, 2.45) is 7.05 Å². The molecule has 1 heterocycles. The molecule has 1 rings (SSSR count). The SMILES string of the molecule is CC(=O)c1cccc[n+]1C. The van der Waals surface area contributed by atoms with Crippen molar-refractivity contribution in [3.63, 3.8) is 0 Å². The highest BCUT2D eigenvalue weighted by atomic mass is 16.1. The van der Waals surface area contributed by atoms with Gasteiger partial charge in [-0.25, -0.2) is 0 Å². The highest BCUT2D eigenvalue weighted by Gasteiger charge is 2.08. The van der Waals surface area contributed by atoms with Gasteiger partial charge in [-0.2, -0.15) is 4.57 Å². The molecule has 0 amide bonds. The molecule has 0 aromatic carbocycles. The summed E-state index contributed by atoms with van der Waals surface area (Å²) in [7, 11) is 1.86. The predicted molar refractivity (Wildman–Crippen MR) is 37.6 cm³/mol. The van der Waals surface area contributed by atoms with Gasteiger partial charge in [0, 0.05) is 19.1 Å². The van der Waals surface area contributed by atoms with Gasteiger partial charge in [-0.3, -0.25) is 4.79 Å². The minimum atomic E-state index is 0.100. The summed E-state index contributed by atoms with van der Waals surface area (Å²) in [6.07, 6.45) is 1.86. The second-order valence-electron chi connectivity index (χ2n) is 2.25. The molecule has 0 aliphatic carbocycles. The molecular weight excluding hydrogens is 126 g/mol. The zero-order valence-electron chi connectivity index (χ0n) is 6.16. The Morgan fingerprint density at radius 3 is 2.60 bits per heavy atom. The topological polar surface area (TPSA) is 20.9 Å². The smallest absolute Gasteiger partial charge is 0.248 e. The van der Waals surface area contributed by atoms with E-state index in [1.54, 1.807) is 6.92 Å². The highest BCUT2D eigenvalue weighted by molar-refractivity contribution is 5.90. The van der Waals surface area contributed by atoms with Gasteiger partial charge in [0.25, 0.3) is 0 Å². The third-order valence-electron chi connectivity index (χ3n) is 1.42. The predicted octanol–water partition coefficient (Wildman–Crippen LogP) is 0.714. The van der Waals surface area contributed by atoms with E-state index in [1.165, 1.54) is 0 Å². The maximum Gasteiger partial charge on any atom is 0.248 e. The number of nitrogens with zero attached hydrogens (tertiary/aromatic N) is 1. The molecule has 1 aromatic heterocycles. The number of Topliss-reactive ketones (excluding diaryl/α,β-unsaturated/α-hetero) is 1. The Labute approximate surface area is 60.1 Å². The molecule has 2 nitrogen and oxygen atoms in total. The Hall–Kier alpha value is -1.18. The van der Waals surface area contributed by atoms with Crippen LogP contribution in [-0.4, -0.2) is 5.78 Å². The van der Waals surface area contributed by atoms with Crippen LogP contribution in [-0.2, 0) is 7.05 Å². The van der Waals surface area contributed by atoms with E-state index >= 15 is 0 Å². The van der Waals surface area contributed by atoms with Crippen molar-refractivity contribution in [3.05, 3.63) is 30.1 Å². The number of carbonyl (C=O) groups excluding carboxylic acids is 1. The first-order chi connectivity index (χ1) is 4.72. The lowest BCUT2D eigenvalue weighted by Crippen LogP contribution is -2.34. The number of hydrogen-bond acceptors (Lipinski definition) is 1. The van der Waals surface area contributed by atoms with Gasteiger partial charge in [-0.1, -0.05) is 0 Å². The van der Waals surface area contributed by atoms with Crippen molar-refractivity contribution >= 4 is 5.78 Å².